The first-order valence-corrected chi connectivity index (χ1v) is 13.6. The monoisotopic (exact) mass is 656 g/mol. The van der Waals surface area contributed by atoms with E-state index in [2.05, 4.69) is 44.7 Å². The molecule has 0 N–H and O–H groups in total. The zero-order chi connectivity index (χ0) is 22.4. The molecule has 1 spiro atoms. The Bertz CT molecular complexity index is 852. The van der Waals surface area contributed by atoms with Crippen molar-refractivity contribution in [2.75, 3.05) is 0 Å². The first-order valence-electron chi connectivity index (χ1n) is 13.6. The van der Waals surface area contributed by atoms with Gasteiger partial charge >= 0.3 is 0 Å². The molecule has 0 radical (unpaired) electrons. The number of hydrogen-bond acceptors (Lipinski definition) is 0. The molecule has 0 aromatic heterocycles. The molecular formula is C31H46U. The Morgan fingerprint density at radius 3 is 2.50 bits per heavy atom. The minimum Gasteiger partial charge on any atom is -0.0918 e. The molecule has 3 fully saturated rings. The molecule has 0 aromatic rings. The smallest absolute Gasteiger partial charge is 0.0281 e. The predicted molar refractivity (Wildman–Crippen MR) is 136 cm³/mol. The molecular weight excluding hydrogens is 610 g/mol. The van der Waals surface area contributed by atoms with Crippen molar-refractivity contribution in [2.45, 2.75) is 99.3 Å². The van der Waals surface area contributed by atoms with E-state index in [0.717, 1.165) is 23.7 Å². The molecule has 174 valence electrons. The van der Waals surface area contributed by atoms with Crippen LogP contribution in [0.1, 0.15) is 99.3 Å². The normalized spacial score (nSPS) is 40.1. The summed E-state index contributed by atoms with van der Waals surface area (Å²) in [6.45, 7) is 17.1. The van der Waals surface area contributed by atoms with Gasteiger partial charge in [-0.15, -0.1) is 0 Å². The summed E-state index contributed by atoms with van der Waals surface area (Å²) in [5.41, 5.74) is 9.25. The van der Waals surface area contributed by atoms with Crippen molar-refractivity contribution < 1.29 is 31.1 Å². The molecule has 6 aliphatic rings. The van der Waals surface area contributed by atoms with Gasteiger partial charge in [0, 0.05) is 36.5 Å². The standard InChI is InChI=1S/C27H34.2C2H6.U/c1-4-18-5-6-20-16-25-21(18)9-10-24-22-8-7-19-15-17(2)11-13-26(19,3)23(22)12-14-27(20,24)25;2*1-2;/h11-13,15,20,22,24-25H,2,4-10,14,16H2,1,3H3;2*1-2H3;/t20?,22?,24?,25?,26-,27?;;;/m0.../s1. The third-order valence-corrected chi connectivity index (χ3v) is 9.98. The van der Waals surface area contributed by atoms with Crippen LogP contribution < -0.4 is 0 Å². The van der Waals surface area contributed by atoms with Crippen molar-refractivity contribution in [3.05, 3.63) is 58.7 Å². The first-order chi connectivity index (χ1) is 15.1. The van der Waals surface area contributed by atoms with Crippen LogP contribution in [-0.2, 0) is 0 Å². The van der Waals surface area contributed by atoms with Gasteiger partial charge in [-0.05, 0) is 99.4 Å². The minimum absolute atomic E-state index is 0. The first kappa shape index (κ1) is 26.4. The van der Waals surface area contributed by atoms with Gasteiger partial charge < -0.3 is 0 Å². The van der Waals surface area contributed by atoms with Crippen molar-refractivity contribution in [1.82, 2.24) is 0 Å². The summed E-state index contributed by atoms with van der Waals surface area (Å²) in [6.07, 6.45) is 22.6. The molecule has 4 bridgehead atoms. The van der Waals surface area contributed by atoms with Gasteiger partial charge in [-0.25, -0.2) is 0 Å². The van der Waals surface area contributed by atoms with E-state index in [0.29, 0.717) is 5.41 Å². The number of allylic oxidation sites excluding steroid dienone is 9. The molecule has 0 amide bonds. The van der Waals surface area contributed by atoms with E-state index in [9.17, 15) is 0 Å². The molecule has 6 atom stereocenters. The van der Waals surface area contributed by atoms with Gasteiger partial charge in [0.2, 0.25) is 0 Å². The molecule has 0 aliphatic heterocycles. The third kappa shape index (κ3) is 3.59. The van der Waals surface area contributed by atoms with Gasteiger partial charge in [-0.1, -0.05) is 87.8 Å². The van der Waals surface area contributed by atoms with E-state index in [1.54, 1.807) is 11.1 Å². The third-order valence-electron chi connectivity index (χ3n) is 9.98. The molecule has 0 heterocycles. The molecule has 6 rings (SSSR count). The van der Waals surface area contributed by atoms with Crippen LogP contribution in [0.3, 0.4) is 0 Å². The second-order valence-electron chi connectivity index (χ2n) is 10.6. The zero-order valence-corrected chi connectivity index (χ0v) is 25.9. The van der Waals surface area contributed by atoms with Crippen molar-refractivity contribution in [3.8, 4) is 0 Å². The van der Waals surface area contributed by atoms with Crippen molar-refractivity contribution in [2.24, 2.45) is 34.5 Å². The summed E-state index contributed by atoms with van der Waals surface area (Å²) in [7, 11) is 0. The van der Waals surface area contributed by atoms with E-state index >= 15 is 0 Å². The minimum atomic E-state index is 0. The summed E-state index contributed by atoms with van der Waals surface area (Å²) < 4.78 is 0. The SMILES string of the molecule is C=C1C=C[C@@]2(C)C(=C1)CCC1C2=CCC23C4CCC(CC)=C(CCC12)C3C4.CC.CC.[U]. The maximum absolute atomic E-state index is 4.20. The molecule has 32 heavy (non-hydrogen) atoms. The average Bonchev–Trinajstić information content (AvgIpc) is 3.05. The van der Waals surface area contributed by atoms with Crippen LogP contribution in [0.2, 0.25) is 0 Å². The van der Waals surface area contributed by atoms with Crippen LogP contribution in [-0.4, -0.2) is 0 Å². The fraction of sp³-hybridized carbons (Fsp3) is 0.677. The molecule has 3 saturated carbocycles. The van der Waals surface area contributed by atoms with Crippen molar-refractivity contribution in [1.29, 1.82) is 0 Å². The van der Waals surface area contributed by atoms with Gasteiger partial charge in [-0.3, -0.25) is 0 Å². The van der Waals surface area contributed by atoms with E-state index in [1.165, 1.54) is 63.4 Å². The largest absolute Gasteiger partial charge is 0.0918 e. The quantitative estimate of drug-likeness (QED) is 0.247. The fourth-order valence-electron chi connectivity index (χ4n) is 8.72. The zero-order valence-electron chi connectivity index (χ0n) is 21.7. The van der Waals surface area contributed by atoms with Crippen molar-refractivity contribution >= 4 is 0 Å². The molecule has 0 saturated heterocycles. The Balaban J connectivity index is 0.000000550. The van der Waals surface area contributed by atoms with E-state index in [-0.39, 0.29) is 36.5 Å². The van der Waals surface area contributed by atoms with Gasteiger partial charge in [0.1, 0.15) is 0 Å². The van der Waals surface area contributed by atoms with E-state index in [1.807, 2.05) is 38.8 Å². The second kappa shape index (κ2) is 10.2. The van der Waals surface area contributed by atoms with Gasteiger partial charge in [0.15, 0.2) is 0 Å². The fourth-order valence-corrected chi connectivity index (χ4v) is 8.72. The van der Waals surface area contributed by atoms with Crippen molar-refractivity contribution in [3.63, 3.8) is 0 Å². The average molecular weight is 657 g/mol. The van der Waals surface area contributed by atoms with Gasteiger partial charge in [-0.2, -0.15) is 0 Å². The number of rotatable bonds is 1. The maximum atomic E-state index is 4.20. The Morgan fingerprint density at radius 2 is 1.78 bits per heavy atom. The maximum Gasteiger partial charge on any atom is 0.0281 e. The van der Waals surface area contributed by atoms with Crippen LogP contribution in [0, 0.1) is 65.6 Å². The summed E-state index contributed by atoms with van der Waals surface area (Å²) in [4.78, 5) is 0. The molecule has 1 heteroatoms. The van der Waals surface area contributed by atoms with Gasteiger partial charge in [0.05, 0.1) is 0 Å². The topological polar surface area (TPSA) is 0 Å². The molecule has 0 nitrogen and oxygen atoms in total. The Morgan fingerprint density at radius 1 is 1.03 bits per heavy atom. The Kier molecular flexibility index (Phi) is 8.37. The van der Waals surface area contributed by atoms with Crippen LogP contribution in [0.15, 0.2) is 58.7 Å². The van der Waals surface area contributed by atoms with Crippen LogP contribution in [0.5, 0.6) is 0 Å². The summed E-state index contributed by atoms with van der Waals surface area (Å²) in [5, 5.41) is 0. The van der Waals surface area contributed by atoms with E-state index < -0.39 is 0 Å². The molecule has 0 aromatic carbocycles. The summed E-state index contributed by atoms with van der Waals surface area (Å²) in [5.74, 6) is 3.75. The molecule has 5 unspecified atom stereocenters. The predicted octanol–water partition coefficient (Wildman–Crippen LogP) is 9.37. The number of hydrogen-bond donors (Lipinski definition) is 0. The van der Waals surface area contributed by atoms with Crippen LogP contribution in [0.4, 0.5) is 0 Å². The van der Waals surface area contributed by atoms with Crippen LogP contribution in [0.25, 0.3) is 0 Å². The Hall–Kier alpha value is -0.248. The van der Waals surface area contributed by atoms with E-state index in [4.69, 9.17) is 0 Å². The molecule has 6 aliphatic carbocycles. The summed E-state index contributed by atoms with van der Waals surface area (Å²) >= 11 is 0. The van der Waals surface area contributed by atoms with Crippen LogP contribution >= 0.6 is 0 Å². The second-order valence-corrected chi connectivity index (χ2v) is 10.6. The number of fused-ring (bicyclic) bond motifs is 4. The van der Waals surface area contributed by atoms with Gasteiger partial charge in [0.25, 0.3) is 0 Å². The Labute approximate surface area is 222 Å². The summed E-state index contributed by atoms with van der Waals surface area (Å²) in [6, 6.07) is 0.